The number of anilines is 1. The number of rotatable bonds is 5. The molecule has 1 heterocycles. The van der Waals surface area contributed by atoms with Crippen LogP contribution in [-0.4, -0.2) is 22.1 Å². The molecule has 176 valence electrons. The van der Waals surface area contributed by atoms with Crippen LogP contribution in [0.15, 0.2) is 94.7 Å². The second kappa shape index (κ2) is 8.88. The number of hydrogen-bond donors (Lipinski definition) is 3. The van der Waals surface area contributed by atoms with E-state index in [-0.39, 0.29) is 28.4 Å². The van der Waals surface area contributed by atoms with E-state index >= 15 is 0 Å². The molecule has 7 heteroatoms. The van der Waals surface area contributed by atoms with Gasteiger partial charge in [0, 0.05) is 39.9 Å². The van der Waals surface area contributed by atoms with Gasteiger partial charge < -0.3 is 19.9 Å². The standard InChI is InChI=1S/C29H19NO6/c1-2-16-3-5-17(6-4-16)28(33)30-18-7-10-21(24(13-18)29(34)35)27-22-11-8-19(31)14-25(22)36-26-15-20(32)9-12-23(26)27/h2-15,31H,1H2,(H,30,33)(H,34,35). The average molecular weight is 477 g/mol. The Hall–Kier alpha value is -5.17. The number of hydrogen-bond acceptors (Lipinski definition) is 5. The van der Waals surface area contributed by atoms with Gasteiger partial charge in [-0.3, -0.25) is 9.59 Å². The van der Waals surface area contributed by atoms with Crippen LogP contribution in [0.3, 0.4) is 0 Å². The van der Waals surface area contributed by atoms with E-state index in [2.05, 4.69) is 11.9 Å². The van der Waals surface area contributed by atoms with Gasteiger partial charge >= 0.3 is 5.97 Å². The number of carbonyl (C=O) groups is 2. The van der Waals surface area contributed by atoms with Gasteiger partial charge in [-0.25, -0.2) is 4.79 Å². The third-order valence-corrected chi connectivity index (χ3v) is 5.86. The molecule has 7 nitrogen and oxygen atoms in total. The zero-order valence-electron chi connectivity index (χ0n) is 18.8. The van der Waals surface area contributed by atoms with Crippen molar-refractivity contribution >= 4 is 34.6 Å². The maximum Gasteiger partial charge on any atom is 0.336 e. The number of nitrogens with one attached hydrogen (secondary N) is 1. The molecule has 2 aliphatic rings. The fourth-order valence-electron chi connectivity index (χ4n) is 4.14. The highest BCUT2D eigenvalue weighted by molar-refractivity contribution is 6.09. The Balaban J connectivity index is 1.65. The zero-order valence-corrected chi connectivity index (χ0v) is 18.8. The first-order valence-electron chi connectivity index (χ1n) is 11.0. The highest BCUT2D eigenvalue weighted by atomic mass is 16.4. The number of amides is 1. The largest absolute Gasteiger partial charge is 0.508 e. The van der Waals surface area contributed by atoms with Crippen molar-refractivity contribution < 1.29 is 24.2 Å². The number of phenols is 1. The van der Waals surface area contributed by atoms with Gasteiger partial charge in [-0.2, -0.15) is 0 Å². The molecule has 1 amide bonds. The predicted molar refractivity (Wildman–Crippen MR) is 138 cm³/mol. The molecule has 3 aromatic rings. The molecule has 0 bridgehead atoms. The summed E-state index contributed by atoms with van der Waals surface area (Å²) in [6.45, 7) is 3.69. The van der Waals surface area contributed by atoms with E-state index < -0.39 is 5.97 Å². The van der Waals surface area contributed by atoms with Crippen LogP contribution in [0.4, 0.5) is 5.69 Å². The molecule has 0 saturated heterocycles. The van der Waals surface area contributed by atoms with Crippen molar-refractivity contribution in [2.24, 2.45) is 0 Å². The molecule has 3 N–H and O–H groups in total. The number of aromatic hydroxyl groups is 1. The van der Waals surface area contributed by atoms with Gasteiger partial charge in [-0.15, -0.1) is 0 Å². The summed E-state index contributed by atoms with van der Waals surface area (Å²) in [5, 5.41) is 23.3. The number of fused-ring (bicyclic) bond motifs is 2. The lowest BCUT2D eigenvalue weighted by Gasteiger charge is -2.17. The Kier molecular flexibility index (Phi) is 5.58. The Labute approximate surface area is 204 Å². The number of aromatic carboxylic acids is 1. The van der Waals surface area contributed by atoms with E-state index in [1.54, 1.807) is 54.6 Å². The second-order valence-corrected chi connectivity index (χ2v) is 8.16. The van der Waals surface area contributed by atoms with E-state index in [9.17, 15) is 24.6 Å². The Morgan fingerprint density at radius 2 is 1.64 bits per heavy atom. The van der Waals surface area contributed by atoms with Crippen molar-refractivity contribution in [2.45, 2.75) is 0 Å². The molecule has 0 atom stereocenters. The fourth-order valence-corrected chi connectivity index (χ4v) is 4.14. The van der Waals surface area contributed by atoms with Crippen molar-refractivity contribution in [1.29, 1.82) is 0 Å². The Morgan fingerprint density at radius 3 is 2.36 bits per heavy atom. The third-order valence-electron chi connectivity index (χ3n) is 5.86. The summed E-state index contributed by atoms with van der Waals surface area (Å²) in [6.07, 6.45) is 1.67. The Morgan fingerprint density at radius 1 is 0.889 bits per heavy atom. The van der Waals surface area contributed by atoms with Crippen LogP contribution >= 0.6 is 0 Å². The van der Waals surface area contributed by atoms with Crippen LogP contribution in [0.1, 0.15) is 26.3 Å². The van der Waals surface area contributed by atoms with E-state index in [1.165, 1.54) is 30.3 Å². The van der Waals surface area contributed by atoms with E-state index in [1.807, 2.05) is 0 Å². The van der Waals surface area contributed by atoms with Crippen molar-refractivity contribution in [1.82, 2.24) is 0 Å². The molecule has 36 heavy (non-hydrogen) atoms. The molecule has 0 fully saturated rings. The summed E-state index contributed by atoms with van der Waals surface area (Å²) >= 11 is 0. The number of carboxylic acid groups (broad SMARTS) is 1. The fraction of sp³-hybridized carbons (Fsp3) is 0. The van der Waals surface area contributed by atoms with E-state index in [0.717, 1.165) is 5.56 Å². The summed E-state index contributed by atoms with van der Waals surface area (Å²) in [5.74, 6) is -1.36. The van der Waals surface area contributed by atoms with Crippen LogP contribution < -0.4 is 10.7 Å². The van der Waals surface area contributed by atoms with Gasteiger partial charge in [-0.05, 0) is 59.7 Å². The minimum atomic E-state index is -1.20. The highest BCUT2D eigenvalue weighted by Gasteiger charge is 2.22. The van der Waals surface area contributed by atoms with E-state index in [4.69, 9.17) is 4.42 Å². The van der Waals surface area contributed by atoms with Gasteiger partial charge in [-0.1, -0.05) is 30.9 Å². The number of phenolic OH excluding ortho intramolecular Hbond substituents is 1. The first kappa shape index (κ1) is 22.6. The predicted octanol–water partition coefficient (Wildman–Crippen LogP) is 5.86. The van der Waals surface area contributed by atoms with Gasteiger partial charge in [0.05, 0.1) is 5.56 Å². The summed E-state index contributed by atoms with van der Waals surface area (Å²) < 4.78 is 5.84. The molecule has 0 unspecified atom stereocenters. The monoisotopic (exact) mass is 477 g/mol. The molecule has 0 radical (unpaired) electrons. The smallest absolute Gasteiger partial charge is 0.336 e. The first-order chi connectivity index (χ1) is 17.3. The number of carbonyl (C=O) groups excluding carboxylic acids is 1. The highest BCUT2D eigenvalue weighted by Crippen LogP contribution is 2.42. The summed E-state index contributed by atoms with van der Waals surface area (Å²) in [7, 11) is 0. The summed E-state index contributed by atoms with van der Waals surface area (Å²) in [6, 6.07) is 20.2. The van der Waals surface area contributed by atoms with Crippen LogP contribution in [0.2, 0.25) is 0 Å². The molecular formula is C29H19NO6. The van der Waals surface area contributed by atoms with E-state index in [0.29, 0.717) is 38.9 Å². The topological polar surface area (TPSA) is 117 Å². The average Bonchev–Trinajstić information content (AvgIpc) is 2.87. The molecule has 5 rings (SSSR count). The second-order valence-electron chi connectivity index (χ2n) is 8.16. The third kappa shape index (κ3) is 4.10. The van der Waals surface area contributed by atoms with Gasteiger partial charge in [0.25, 0.3) is 5.91 Å². The normalized spacial score (nSPS) is 10.9. The minimum absolute atomic E-state index is 0.0348. The SMILES string of the molecule is C=Cc1ccc(C(=O)Nc2ccc(-c3c4ccc(=O)cc-4oc4cc(O)ccc34)c(C(=O)O)c2)cc1. The molecule has 0 aromatic heterocycles. The van der Waals surface area contributed by atoms with Crippen LogP contribution in [0, 0.1) is 0 Å². The molecule has 0 saturated carbocycles. The van der Waals surface area contributed by atoms with Crippen LogP contribution in [0.5, 0.6) is 5.75 Å². The number of benzene rings is 4. The lowest BCUT2D eigenvalue weighted by Crippen LogP contribution is -2.13. The summed E-state index contributed by atoms with van der Waals surface area (Å²) in [4.78, 5) is 37.0. The van der Waals surface area contributed by atoms with Gasteiger partial charge in [0.2, 0.25) is 0 Å². The quantitative estimate of drug-likeness (QED) is 0.273. The molecule has 1 aliphatic heterocycles. The summed E-state index contributed by atoms with van der Waals surface area (Å²) in [5.41, 5.74) is 2.99. The maximum atomic E-state index is 12.7. The van der Waals surface area contributed by atoms with Crippen molar-refractivity contribution in [2.75, 3.05) is 5.32 Å². The zero-order chi connectivity index (χ0) is 25.4. The number of carboxylic acids is 1. The minimum Gasteiger partial charge on any atom is -0.508 e. The Bertz CT molecular complexity index is 1700. The van der Waals surface area contributed by atoms with Gasteiger partial charge in [0.1, 0.15) is 17.1 Å². The molecule has 3 aromatic carbocycles. The molecular weight excluding hydrogens is 458 g/mol. The lowest BCUT2D eigenvalue weighted by atomic mass is 9.90. The van der Waals surface area contributed by atoms with Crippen molar-refractivity contribution in [3.8, 4) is 28.2 Å². The maximum absolute atomic E-state index is 12.7. The first-order valence-corrected chi connectivity index (χ1v) is 11.0. The van der Waals surface area contributed by atoms with Crippen LogP contribution in [0.25, 0.3) is 39.5 Å². The molecule has 0 spiro atoms. The lowest BCUT2D eigenvalue weighted by molar-refractivity contribution is 0.0697. The van der Waals surface area contributed by atoms with Crippen molar-refractivity contribution in [3.63, 3.8) is 0 Å². The van der Waals surface area contributed by atoms with Gasteiger partial charge in [0.15, 0.2) is 5.43 Å². The molecule has 1 aliphatic carbocycles. The van der Waals surface area contributed by atoms with Crippen molar-refractivity contribution in [3.05, 3.63) is 112 Å². The van der Waals surface area contributed by atoms with Crippen LogP contribution in [-0.2, 0) is 0 Å².